The highest BCUT2D eigenvalue weighted by Crippen LogP contribution is 2.30. The summed E-state index contributed by atoms with van der Waals surface area (Å²) in [4.78, 5) is 24.3. The standard InChI is InChI=1S/C19H19N5O4/c1-27-13-7-6-12-8-9-23(17(12)10-13)22-18(25)21-15-4-3-5-16-14(15)11-20-24(16)19(26)28-2/h3-7,10-11H,8-9H2,1-2H3,(H2,21,22,25). The molecule has 3 aromatic rings. The van der Waals surface area contributed by atoms with E-state index in [0.717, 1.165) is 28.1 Å². The Labute approximate surface area is 160 Å². The van der Waals surface area contributed by atoms with Gasteiger partial charge in [-0.2, -0.15) is 9.78 Å². The first-order valence-corrected chi connectivity index (χ1v) is 8.68. The molecule has 0 fully saturated rings. The second kappa shape index (κ2) is 7.10. The lowest BCUT2D eigenvalue weighted by molar-refractivity contribution is 0.170. The van der Waals surface area contributed by atoms with Crippen molar-refractivity contribution in [3.63, 3.8) is 0 Å². The third kappa shape index (κ3) is 3.07. The Balaban J connectivity index is 1.53. The van der Waals surface area contributed by atoms with E-state index in [9.17, 15) is 9.59 Å². The van der Waals surface area contributed by atoms with Crippen LogP contribution in [0, 0.1) is 0 Å². The van der Waals surface area contributed by atoms with E-state index in [0.29, 0.717) is 23.1 Å². The summed E-state index contributed by atoms with van der Waals surface area (Å²) in [5.74, 6) is 0.729. The average molecular weight is 381 g/mol. The Kier molecular flexibility index (Phi) is 4.48. The number of methoxy groups -OCH3 is 2. The molecule has 144 valence electrons. The van der Waals surface area contributed by atoms with Gasteiger partial charge in [-0.3, -0.25) is 5.01 Å². The maximum atomic E-state index is 12.6. The third-order valence-corrected chi connectivity index (χ3v) is 4.63. The minimum Gasteiger partial charge on any atom is -0.497 e. The molecule has 1 aliphatic heterocycles. The second-order valence-corrected chi connectivity index (χ2v) is 6.23. The molecule has 2 aromatic carbocycles. The summed E-state index contributed by atoms with van der Waals surface area (Å²) in [6.07, 6.45) is 1.75. The Bertz CT molecular complexity index is 1060. The van der Waals surface area contributed by atoms with Gasteiger partial charge in [0.15, 0.2) is 0 Å². The van der Waals surface area contributed by atoms with Gasteiger partial charge in [0.25, 0.3) is 0 Å². The SMILES string of the molecule is COC(=O)n1ncc2c(NC(=O)NN3CCc4ccc(OC)cc43)cccc21. The fourth-order valence-corrected chi connectivity index (χ4v) is 3.27. The van der Waals surface area contributed by atoms with Crippen molar-refractivity contribution < 1.29 is 19.1 Å². The smallest absolute Gasteiger partial charge is 0.434 e. The highest BCUT2D eigenvalue weighted by molar-refractivity contribution is 6.02. The van der Waals surface area contributed by atoms with E-state index in [2.05, 4.69) is 15.8 Å². The molecule has 0 bridgehead atoms. The first-order chi connectivity index (χ1) is 13.6. The topological polar surface area (TPSA) is 97.7 Å². The lowest BCUT2D eigenvalue weighted by Gasteiger charge is -2.21. The summed E-state index contributed by atoms with van der Waals surface area (Å²) in [5.41, 5.74) is 5.98. The van der Waals surface area contributed by atoms with Crippen molar-refractivity contribution in [3.8, 4) is 5.75 Å². The Morgan fingerprint density at radius 2 is 2.04 bits per heavy atom. The number of rotatable bonds is 3. The molecule has 0 unspecified atom stereocenters. The Morgan fingerprint density at radius 3 is 2.82 bits per heavy atom. The largest absolute Gasteiger partial charge is 0.497 e. The van der Waals surface area contributed by atoms with Crippen LogP contribution < -0.4 is 20.5 Å². The molecule has 9 heteroatoms. The van der Waals surface area contributed by atoms with Gasteiger partial charge in [-0.25, -0.2) is 15.0 Å². The average Bonchev–Trinajstić information content (AvgIpc) is 3.32. The van der Waals surface area contributed by atoms with Crippen LogP contribution in [0.2, 0.25) is 0 Å². The summed E-state index contributed by atoms with van der Waals surface area (Å²) in [6.45, 7) is 0.667. The molecule has 1 aliphatic rings. The van der Waals surface area contributed by atoms with Crippen LogP contribution in [-0.4, -0.2) is 42.7 Å². The Morgan fingerprint density at radius 1 is 1.18 bits per heavy atom. The molecule has 0 saturated carbocycles. The number of nitrogens with one attached hydrogen (secondary N) is 2. The predicted molar refractivity (Wildman–Crippen MR) is 104 cm³/mol. The van der Waals surface area contributed by atoms with E-state index in [4.69, 9.17) is 9.47 Å². The van der Waals surface area contributed by atoms with E-state index in [1.54, 1.807) is 30.3 Å². The van der Waals surface area contributed by atoms with Crippen LogP contribution in [0.15, 0.2) is 42.6 Å². The zero-order chi connectivity index (χ0) is 19.7. The van der Waals surface area contributed by atoms with Gasteiger partial charge in [-0.15, -0.1) is 0 Å². The number of ether oxygens (including phenoxy) is 2. The van der Waals surface area contributed by atoms with Crippen LogP contribution >= 0.6 is 0 Å². The molecule has 0 radical (unpaired) electrons. The molecule has 9 nitrogen and oxygen atoms in total. The highest BCUT2D eigenvalue weighted by Gasteiger charge is 2.22. The zero-order valence-corrected chi connectivity index (χ0v) is 15.4. The molecule has 0 atom stereocenters. The molecule has 1 aromatic heterocycles. The number of amides is 2. The number of fused-ring (bicyclic) bond motifs is 2. The number of hydrazine groups is 1. The quantitative estimate of drug-likeness (QED) is 0.724. The van der Waals surface area contributed by atoms with Gasteiger partial charge in [0, 0.05) is 18.0 Å². The van der Waals surface area contributed by atoms with Crippen LogP contribution in [-0.2, 0) is 11.2 Å². The van der Waals surface area contributed by atoms with Crippen LogP contribution in [0.1, 0.15) is 5.56 Å². The maximum absolute atomic E-state index is 12.6. The van der Waals surface area contributed by atoms with Crippen LogP contribution in [0.25, 0.3) is 10.9 Å². The summed E-state index contributed by atoms with van der Waals surface area (Å²) in [7, 11) is 2.89. The minimum atomic E-state index is -0.598. The van der Waals surface area contributed by atoms with Crippen LogP contribution in [0.4, 0.5) is 21.0 Å². The van der Waals surface area contributed by atoms with E-state index in [1.807, 2.05) is 18.2 Å². The number of aromatic nitrogens is 2. The lowest BCUT2D eigenvalue weighted by Crippen LogP contribution is -2.43. The number of carbonyl (C=O) groups excluding carboxylic acids is 2. The Hall–Kier alpha value is -3.75. The van der Waals surface area contributed by atoms with Crippen molar-refractivity contribution in [2.24, 2.45) is 0 Å². The van der Waals surface area contributed by atoms with Gasteiger partial charge < -0.3 is 14.8 Å². The molecular formula is C19H19N5O4. The molecule has 2 amide bonds. The number of anilines is 2. The number of hydrogen-bond acceptors (Lipinski definition) is 6. The van der Waals surface area contributed by atoms with Crippen LogP contribution in [0.3, 0.4) is 0 Å². The van der Waals surface area contributed by atoms with E-state index in [1.165, 1.54) is 13.3 Å². The molecule has 2 N–H and O–H groups in total. The van der Waals surface area contributed by atoms with E-state index < -0.39 is 12.1 Å². The molecule has 0 aliphatic carbocycles. The number of carbonyl (C=O) groups is 2. The summed E-state index contributed by atoms with van der Waals surface area (Å²) < 4.78 is 11.1. The molecular weight excluding hydrogens is 362 g/mol. The van der Waals surface area contributed by atoms with Crippen molar-refractivity contribution in [2.75, 3.05) is 31.1 Å². The van der Waals surface area contributed by atoms with Gasteiger partial charge in [-0.1, -0.05) is 12.1 Å². The van der Waals surface area contributed by atoms with Crippen molar-refractivity contribution in [3.05, 3.63) is 48.2 Å². The summed E-state index contributed by atoms with van der Waals surface area (Å²) in [5, 5.41) is 9.26. The van der Waals surface area contributed by atoms with Gasteiger partial charge in [0.05, 0.1) is 37.3 Å². The van der Waals surface area contributed by atoms with Crippen LogP contribution in [0.5, 0.6) is 5.75 Å². The second-order valence-electron chi connectivity index (χ2n) is 6.23. The maximum Gasteiger partial charge on any atom is 0.434 e. The molecule has 0 spiro atoms. The number of benzene rings is 2. The van der Waals surface area contributed by atoms with Gasteiger partial charge in [-0.05, 0) is 30.2 Å². The van der Waals surface area contributed by atoms with E-state index in [-0.39, 0.29) is 0 Å². The third-order valence-electron chi connectivity index (χ3n) is 4.63. The predicted octanol–water partition coefficient (Wildman–Crippen LogP) is 2.76. The lowest BCUT2D eigenvalue weighted by atomic mass is 10.1. The molecule has 28 heavy (non-hydrogen) atoms. The first kappa shape index (κ1) is 17.7. The fourth-order valence-electron chi connectivity index (χ4n) is 3.27. The molecule has 0 saturated heterocycles. The highest BCUT2D eigenvalue weighted by atomic mass is 16.5. The van der Waals surface area contributed by atoms with Gasteiger partial charge in [0.2, 0.25) is 0 Å². The number of hydrogen-bond donors (Lipinski definition) is 2. The zero-order valence-electron chi connectivity index (χ0n) is 15.4. The molecule has 4 rings (SSSR count). The van der Waals surface area contributed by atoms with Crippen molar-refractivity contribution in [1.82, 2.24) is 15.2 Å². The summed E-state index contributed by atoms with van der Waals surface area (Å²) in [6, 6.07) is 10.6. The first-order valence-electron chi connectivity index (χ1n) is 8.68. The fraction of sp³-hybridized carbons (Fsp3) is 0.211. The van der Waals surface area contributed by atoms with E-state index >= 15 is 0 Å². The minimum absolute atomic E-state index is 0.394. The van der Waals surface area contributed by atoms with Crippen molar-refractivity contribution in [2.45, 2.75) is 6.42 Å². The summed E-state index contributed by atoms with van der Waals surface area (Å²) >= 11 is 0. The number of nitrogens with zero attached hydrogens (tertiary/aromatic N) is 3. The van der Waals surface area contributed by atoms with Crippen molar-refractivity contribution in [1.29, 1.82) is 0 Å². The van der Waals surface area contributed by atoms with Gasteiger partial charge in [0.1, 0.15) is 5.75 Å². The normalized spacial score (nSPS) is 12.6. The monoisotopic (exact) mass is 381 g/mol. The van der Waals surface area contributed by atoms with Crippen molar-refractivity contribution >= 4 is 34.4 Å². The number of urea groups is 1. The van der Waals surface area contributed by atoms with Gasteiger partial charge >= 0.3 is 12.1 Å². The molecule has 2 heterocycles.